The van der Waals surface area contributed by atoms with Gasteiger partial charge < -0.3 is 16.0 Å². The largest absolute Gasteiger partial charge is 0.418 e. The predicted molar refractivity (Wildman–Crippen MR) is 99.6 cm³/mol. The first-order chi connectivity index (χ1) is 12.8. The minimum Gasteiger partial charge on any atom is -0.398 e. The lowest BCUT2D eigenvalue weighted by Gasteiger charge is -2.12. The van der Waals surface area contributed by atoms with Gasteiger partial charge in [-0.15, -0.1) is 0 Å². The van der Waals surface area contributed by atoms with Gasteiger partial charge in [0.1, 0.15) is 0 Å². The molecule has 1 amide bonds. The summed E-state index contributed by atoms with van der Waals surface area (Å²) in [5, 5.41) is 4.68. The zero-order valence-electron chi connectivity index (χ0n) is 13.9. The highest BCUT2D eigenvalue weighted by molar-refractivity contribution is 6.10. The summed E-state index contributed by atoms with van der Waals surface area (Å²) in [7, 11) is 0. The molecule has 1 heterocycles. The van der Waals surface area contributed by atoms with E-state index in [1.54, 1.807) is 12.1 Å². The summed E-state index contributed by atoms with van der Waals surface area (Å²) in [6.07, 6.45) is -4.62. The van der Waals surface area contributed by atoms with E-state index in [-0.39, 0.29) is 5.56 Å². The van der Waals surface area contributed by atoms with Crippen molar-refractivity contribution in [2.75, 3.05) is 11.1 Å². The number of H-pyrrole nitrogens is 1. The number of aromatic amines is 1. The van der Waals surface area contributed by atoms with E-state index in [0.717, 1.165) is 33.9 Å². The first-order valence-electron chi connectivity index (χ1n) is 8.11. The summed E-state index contributed by atoms with van der Waals surface area (Å²) in [5.41, 5.74) is 6.07. The second-order valence-corrected chi connectivity index (χ2v) is 6.18. The van der Waals surface area contributed by atoms with Gasteiger partial charge in [-0.1, -0.05) is 24.3 Å². The average molecular weight is 369 g/mol. The number of nitrogen functional groups attached to an aromatic ring is 1. The maximum Gasteiger partial charge on any atom is 0.418 e. The van der Waals surface area contributed by atoms with Crippen molar-refractivity contribution >= 4 is 39.1 Å². The molecule has 0 aliphatic rings. The first kappa shape index (κ1) is 17.0. The summed E-state index contributed by atoms with van der Waals surface area (Å²) in [4.78, 5) is 15.6. The van der Waals surface area contributed by atoms with Crippen molar-refractivity contribution in [3.63, 3.8) is 0 Å². The molecule has 0 spiro atoms. The molecule has 4 N–H and O–H groups in total. The van der Waals surface area contributed by atoms with Crippen LogP contribution >= 0.6 is 0 Å². The Hall–Kier alpha value is -3.48. The Morgan fingerprint density at radius 1 is 0.926 bits per heavy atom. The van der Waals surface area contributed by atoms with Gasteiger partial charge in [0, 0.05) is 38.7 Å². The van der Waals surface area contributed by atoms with Gasteiger partial charge in [0.15, 0.2) is 0 Å². The summed E-state index contributed by atoms with van der Waals surface area (Å²) in [6, 6.07) is 16.2. The number of halogens is 3. The van der Waals surface area contributed by atoms with E-state index in [2.05, 4.69) is 10.3 Å². The van der Waals surface area contributed by atoms with Crippen molar-refractivity contribution in [2.24, 2.45) is 0 Å². The highest BCUT2D eigenvalue weighted by Gasteiger charge is 2.33. The van der Waals surface area contributed by atoms with Gasteiger partial charge in [-0.3, -0.25) is 4.79 Å². The van der Waals surface area contributed by atoms with E-state index in [9.17, 15) is 18.0 Å². The number of amides is 1. The minimum atomic E-state index is -4.62. The predicted octanol–water partition coefficient (Wildman–Crippen LogP) is 5.17. The van der Waals surface area contributed by atoms with Crippen LogP contribution in [0.2, 0.25) is 0 Å². The van der Waals surface area contributed by atoms with E-state index >= 15 is 0 Å². The Kier molecular flexibility index (Phi) is 3.80. The molecule has 1 aromatic heterocycles. The van der Waals surface area contributed by atoms with Crippen molar-refractivity contribution in [3.8, 4) is 0 Å². The molecule has 0 saturated carbocycles. The Balaban J connectivity index is 1.66. The monoisotopic (exact) mass is 369 g/mol. The number of alkyl halides is 3. The topological polar surface area (TPSA) is 70.9 Å². The molecule has 0 atom stereocenters. The second kappa shape index (κ2) is 6.05. The lowest BCUT2D eigenvalue weighted by atomic mass is 10.1. The van der Waals surface area contributed by atoms with Gasteiger partial charge in [-0.25, -0.2) is 0 Å². The second-order valence-electron chi connectivity index (χ2n) is 6.18. The van der Waals surface area contributed by atoms with Gasteiger partial charge in [0.2, 0.25) is 0 Å². The number of hydrogen-bond acceptors (Lipinski definition) is 2. The minimum absolute atomic E-state index is 0.117. The third kappa shape index (κ3) is 3.08. The normalized spacial score (nSPS) is 11.8. The number of carbonyl (C=O) groups is 1. The van der Waals surface area contributed by atoms with Crippen LogP contribution in [0, 0.1) is 0 Å². The maximum atomic E-state index is 13.0. The van der Waals surface area contributed by atoms with Crippen LogP contribution in [-0.4, -0.2) is 10.9 Å². The molecular formula is C20H14F3N3O. The van der Waals surface area contributed by atoms with Crippen molar-refractivity contribution in [2.45, 2.75) is 6.18 Å². The summed E-state index contributed by atoms with van der Waals surface area (Å²) < 4.78 is 38.9. The molecule has 0 fully saturated rings. The number of nitrogens with two attached hydrogens (primary N) is 1. The van der Waals surface area contributed by atoms with E-state index in [1.165, 1.54) is 6.07 Å². The van der Waals surface area contributed by atoms with Crippen molar-refractivity contribution in [3.05, 3.63) is 71.8 Å². The molecule has 0 saturated heterocycles. The first-order valence-corrected chi connectivity index (χ1v) is 8.11. The number of para-hydroxylation sites is 1. The van der Waals surface area contributed by atoms with Crippen LogP contribution in [0.15, 0.2) is 60.7 Å². The van der Waals surface area contributed by atoms with Gasteiger partial charge in [0.25, 0.3) is 5.91 Å². The maximum absolute atomic E-state index is 13.0. The van der Waals surface area contributed by atoms with Crippen LogP contribution in [0.4, 0.5) is 24.5 Å². The Morgan fingerprint density at radius 3 is 2.44 bits per heavy atom. The van der Waals surface area contributed by atoms with Crippen LogP contribution in [0.25, 0.3) is 21.8 Å². The van der Waals surface area contributed by atoms with E-state index in [1.807, 2.05) is 30.3 Å². The van der Waals surface area contributed by atoms with Gasteiger partial charge in [-0.05, 0) is 36.4 Å². The molecule has 0 unspecified atom stereocenters. The molecule has 4 rings (SSSR count). The highest BCUT2D eigenvalue weighted by atomic mass is 19.4. The zero-order chi connectivity index (χ0) is 19.2. The molecule has 136 valence electrons. The Labute approximate surface area is 151 Å². The van der Waals surface area contributed by atoms with Crippen LogP contribution in [0.5, 0.6) is 0 Å². The number of hydrogen-bond donors (Lipinski definition) is 3. The van der Waals surface area contributed by atoms with Crippen LogP contribution in [-0.2, 0) is 6.18 Å². The van der Waals surface area contributed by atoms with Crippen LogP contribution in [0.3, 0.4) is 0 Å². The Bertz CT molecular complexity index is 1180. The highest BCUT2D eigenvalue weighted by Crippen LogP contribution is 2.34. The van der Waals surface area contributed by atoms with Crippen molar-refractivity contribution in [1.29, 1.82) is 0 Å². The number of fused-ring (bicyclic) bond motifs is 3. The third-order valence-electron chi connectivity index (χ3n) is 4.38. The lowest BCUT2D eigenvalue weighted by Crippen LogP contribution is -2.15. The fourth-order valence-electron chi connectivity index (χ4n) is 3.08. The summed E-state index contributed by atoms with van der Waals surface area (Å²) in [5.74, 6) is -0.643. The average Bonchev–Trinajstić information content (AvgIpc) is 2.98. The number of benzene rings is 3. The van der Waals surface area contributed by atoms with Gasteiger partial charge >= 0.3 is 6.18 Å². The molecule has 3 aromatic carbocycles. The molecule has 4 aromatic rings. The zero-order valence-corrected chi connectivity index (χ0v) is 13.9. The third-order valence-corrected chi connectivity index (χ3v) is 4.38. The van der Waals surface area contributed by atoms with E-state index in [0.29, 0.717) is 5.69 Å². The molecular weight excluding hydrogens is 355 g/mol. The van der Waals surface area contributed by atoms with Crippen LogP contribution in [0.1, 0.15) is 15.9 Å². The SMILES string of the molecule is Nc1ccc(C(=O)Nc2ccc3c(c2)[nH]c2ccccc23)cc1C(F)(F)F. The quantitative estimate of drug-likeness (QED) is 0.426. The molecule has 0 aliphatic heterocycles. The fraction of sp³-hybridized carbons (Fsp3) is 0.0500. The molecule has 4 nitrogen and oxygen atoms in total. The Morgan fingerprint density at radius 2 is 1.67 bits per heavy atom. The van der Waals surface area contributed by atoms with Gasteiger partial charge in [-0.2, -0.15) is 13.2 Å². The number of nitrogens with one attached hydrogen (secondary N) is 2. The smallest absolute Gasteiger partial charge is 0.398 e. The molecule has 0 radical (unpaired) electrons. The number of rotatable bonds is 2. The van der Waals surface area contributed by atoms with Crippen LogP contribution < -0.4 is 11.1 Å². The molecule has 0 aliphatic carbocycles. The lowest BCUT2D eigenvalue weighted by molar-refractivity contribution is -0.136. The van der Waals surface area contributed by atoms with Crippen molar-refractivity contribution < 1.29 is 18.0 Å². The van der Waals surface area contributed by atoms with Gasteiger partial charge in [0.05, 0.1) is 5.56 Å². The molecule has 0 bridgehead atoms. The summed E-state index contributed by atoms with van der Waals surface area (Å²) >= 11 is 0. The standard InChI is InChI=1S/C20H14F3N3O/c21-20(22,23)15-9-11(5-8-16(15)24)19(27)25-12-6-7-14-13-3-1-2-4-17(13)26-18(14)10-12/h1-10,26H,24H2,(H,25,27). The molecule has 27 heavy (non-hydrogen) atoms. The molecule has 7 heteroatoms. The number of aromatic nitrogens is 1. The summed E-state index contributed by atoms with van der Waals surface area (Å²) in [6.45, 7) is 0. The number of anilines is 2. The van der Waals surface area contributed by atoms with E-state index < -0.39 is 23.3 Å². The van der Waals surface area contributed by atoms with Crippen molar-refractivity contribution in [1.82, 2.24) is 4.98 Å². The number of carbonyl (C=O) groups excluding carboxylic acids is 1. The van der Waals surface area contributed by atoms with E-state index in [4.69, 9.17) is 5.73 Å². The fourth-order valence-corrected chi connectivity index (χ4v) is 3.08.